The lowest BCUT2D eigenvalue weighted by molar-refractivity contribution is -0.0398. The van der Waals surface area contributed by atoms with Crippen LogP contribution in [0, 0.1) is 11.6 Å². The molecule has 5 aromatic carbocycles. The van der Waals surface area contributed by atoms with Crippen molar-refractivity contribution < 1.29 is 55.1 Å². The number of phosphoric ester groups is 1. The Morgan fingerprint density at radius 3 is 1.95 bits per heavy atom. The predicted octanol–water partition coefficient (Wildman–Crippen LogP) is 11.9. The van der Waals surface area contributed by atoms with Crippen LogP contribution in [-0.4, -0.2) is 69.9 Å². The Labute approximate surface area is 432 Å². The van der Waals surface area contributed by atoms with Gasteiger partial charge in [0, 0.05) is 36.8 Å². The molecule has 0 spiro atoms. The number of rotatable bonds is 20. The molecular weight excluding hydrogens is 988 g/mol. The SMILES string of the molecule is CC(C)(C)[Si]OC(C)(C)[C@H]1CN(c2ccc(OCC3(OP(=O)(OCc4ccccc4)OCc4ccccc4)CCN(c4cc5c(cc4F)c(=O)c(C(=O)OCc4ccccc4)cn5C4CC4)CC3)c(F)c2)C(=O)O1. The quantitative estimate of drug-likeness (QED) is 0.0408. The maximum Gasteiger partial charge on any atom is 0.476 e. The van der Waals surface area contributed by atoms with E-state index in [-0.39, 0.29) is 108 Å². The molecule has 0 unspecified atom stereocenters. The van der Waals surface area contributed by atoms with Crippen LogP contribution in [0.4, 0.5) is 25.0 Å². The van der Waals surface area contributed by atoms with Crippen molar-refractivity contribution in [3.63, 3.8) is 0 Å². The van der Waals surface area contributed by atoms with E-state index in [0.29, 0.717) is 16.6 Å². The van der Waals surface area contributed by atoms with Crippen molar-refractivity contribution >= 4 is 51.9 Å². The number of esters is 1. The maximum atomic E-state index is 16.5. The number of benzene rings is 5. The Morgan fingerprint density at radius 2 is 1.38 bits per heavy atom. The second-order valence-electron chi connectivity index (χ2n) is 20.6. The average Bonchev–Trinajstić information content (AvgIpc) is 4.17. The second kappa shape index (κ2) is 21.9. The number of carbonyl (C=O) groups excluding carboxylic acids is 2. The van der Waals surface area contributed by atoms with Crippen molar-refractivity contribution in [1.29, 1.82) is 0 Å². The highest BCUT2D eigenvalue weighted by Gasteiger charge is 2.46. The number of piperidine rings is 1. The van der Waals surface area contributed by atoms with Crippen LogP contribution < -0.4 is 20.0 Å². The first-order valence-electron chi connectivity index (χ1n) is 24.7. The van der Waals surface area contributed by atoms with E-state index in [1.54, 1.807) is 17.0 Å². The number of hydrogen-bond donors (Lipinski definition) is 0. The molecule has 0 N–H and O–H groups in total. The van der Waals surface area contributed by atoms with Gasteiger partial charge in [-0.3, -0.25) is 23.3 Å². The number of hydrogen-bond acceptors (Lipinski definition) is 12. The first-order chi connectivity index (χ1) is 35.4. The molecule has 6 aromatic rings. The zero-order valence-electron chi connectivity index (χ0n) is 42.1. The minimum absolute atomic E-state index is 0.00138. The monoisotopic (exact) mass is 1050 g/mol. The predicted molar refractivity (Wildman–Crippen MR) is 277 cm³/mol. The fourth-order valence-electron chi connectivity index (χ4n) is 8.77. The van der Waals surface area contributed by atoms with Crippen molar-refractivity contribution in [1.82, 2.24) is 4.57 Å². The van der Waals surface area contributed by atoms with Gasteiger partial charge in [0.2, 0.25) is 15.2 Å². The molecule has 1 saturated carbocycles. The van der Waals surface area contributed by atoms with Crippen molar-refractivity contribution in [3.05, 3.63) is 172 Å². The van der Waals surface area contributed by atoms with Gasteiger partial charge in [0.05, 0.1) is 42.3 Å². The number of ether oxygens (including phenoxy) is 3. The molecule has 9 rings (SSSR count). The smallest absolute Gasteiger partial charge is 0.476 e. The molecule has 2 saturated heterocycles. The van der Waals surface area contributed by atoms with Crippen LogP contribution >= 0.6 is 7.82 Å². The van der Waals surface area contributed by atoms with Gasteiger partial charge in [-0.2, -0.15) is 0 Å². The van der Waals surface area contributed by atoms with Crippen LogP contribution in [0.2, 0.25) is 5.04 Å². The van der Waals surface area contributed by atoms with Crippen molar-refractivity contribution in [2.75, 3.05) is 36.0 Å². The van der Waals surface area contributed by atoms with E-state index in [9.17, 15) is 14.4 Å². The molecule has 1 atom stereocenters. The van der Waals surface area contributed by atoms with Crippen LogP contribution in [-0.2, 0) is 51.9 Å². The van der Waals surface area contributed by atoms with Gasteiger partial charge >= 0.3 is 19.9 Å². The van der Waals surface area contributed by atoms with Gasteiger partial charge < -0.3 is 28.1 Å². The molecule has 0 bridgehead atoms. The highest BCUT2D eigenvalue weighted by atomic mass is 31.2. The van der Waals surface area contributed by atoms with Crippen LogP contribution in [0.25, 0.3) is 10.9 Å². The van der Waals surface area contributed by atoms with Gasteiger partial charge in [-0.25, -0.2) is 22.9 Å². The summed E-state index contributed by atoms with van der Waals surface area (Å²) in [5, 5.41) is -0.0422. The third-order valence-electron chi connectivity index (χ3n) is 13.2. The fourth-order valence-corrected chi connectivity index (χ4v) is 11.0. The number of halogens is 2. The van der Waals surface area contributed by atoms with E-state index in [0.717, 1.165) is 18.4 Å². The number of anilines is 2. The van der Waals surface area contributed by atoms with E-state index in [2.05, 4.69) is 20.8 Å². The van der Waals surface area contributed by atoms with Crippen molar-refractivity contribution in [3.8, 4) is 5.75 Å². The lowest BCUT2D eigenvalue weighted by Gasteiger charge is -2.43. The molecule has 388 valence electrons. The largest absolute Gasteiger partial charge is 0.487 e. The highest BCUT2D eigenvalue weighted by molar-refractivity contribution is 7.48. The molecule has 3 fully saturated rings. The average molecular weight is 1050 g/mol. The van der Waals surface area contributed by atoms with Gasteiger partial charge in [0.1, 0.15) is 36.3 Å². The topological polar surface area (TPSA) is 144 Å². The van der Waals surface area contributed by atoms with Gasteiger partial charge in [0.25, 0.3) is 0 Å². The van der Waals surface area contributed by atoms with E-state index in [1.165, 1.54) is 29.3 Å². The summed E-state index contributed by atoms with van der Waals surface area (Å²) in [4.78, 5) is 43.6. The zero-order chi connectivity index (χ0) is 52.3. The molecule has 2 aliphatic heterocycles. The molecule has 3 heterocycles. The summed E-state index contributed by atoms with van der Waals surface area (Å²) < 4.78 is 92.0. The molecule has 1 aliphatic carbocycles. The summed E-state index contributed by atoms with van der Waals surface area (Å²) in [6.45, 7) is 9.71. The van der Waals surface area contributed by atoms with Crippen molar-refractivity contribution in [2.24, 2.45) is 0 Å². The van der Waals surface area contributed by atoms with Gasteiger partial charge in [-0.1, -0.05) is 112 Å². The van der Waals surface area contributed by atoms with Crippen LogP contribution in [0.5, 0.6) is 5.75 Å². The Kier molecular flexibility index (Phi) is 15.6. The Balaban J connectivity index is 0.977. The highest BCUT2D eigenvalue weighted by Crippen LogP contribution is 2.56. The minimum Gasteiger partial charge on any atom is -0.487 e. The number of aromatic nitrogens is 1. The van der Waals surface area contributed by atoms with Crippen LogP contribution in [0.1, 0.15) is 93.4 Å². The first-order valence-corrected chi connectivity index (χ1v) is 27.1. The molecule has 14 nitrogen and oxygen atoms in total. The van der Waals surface area contributed by atoms with E-state index < -0.39 is 54.3 Å². The number of fused-ring (bicyclic) bond motifs is 1. The molecule has 3 aliphatic rings. The van der Waals surface area contributed by atoms with Gasteiger partial charge in [0.15, 0.2) is 11.6 Å². The fraction of sp³-hybridized carbons (Fsp3) is 0.375. The van der Waals surface area contributed by atoms with Crippen LogP contribution in [0.15, 0.2) is 132 Å². The molecule has 74 heavy (non-hydrogen) atoms. The molecule has 1 aromatic heterocycles. The first kappa shape index (κ1) is 52.7. The zero-order valence-corrected chi connectivity index (χ0v) is 44.0. The third kappa shape index (κ3) is 12.6. The summed E-state index contributed by atoms with van der Waals surface area (Å²) in [5.74, 6) is -2.41. The molecule has 1 amide bonds. The number of nitrogens with zero attached hydrogens (tertiary/aromatic N) is 3. The standard InChI is InChI=1S/C56H60F2N3O11PSi/c1-54(2,3)74-72-55(4,5)50-33-61(53(64)70-50)42-23-24-49(46(58)29-42)67-37-56(71-73(65,68-35-39-17-11-7-12-18-39)69-36-40-19-13-8-14-20-40)25-27-59(28-26-56)48-31-47-43(30-45(48)57)51(62)44(32-60(47)41-21-22-41)52(63)66-34-38-15-9-6-10-16-38/h6-20,23-24,29-32,41,50H,21-22,25-28,33-37H2,1-5H3/t50-/m1/s1. The van der Waals surface area contributed by atoms with Gasteiger partial charge in [-0.05, 0) is 85.5 Å². The number of phosphoric acid groups is 1. The number of amides is 1. The van der Waals surface area contributed by atoms with E-state index in [4.69, 9.17) is 32.2 Å². The second-order valence-corrected chi connectivity index (χ2v) is 24.1. The van der Waals surface area contributed by atoms with Crippen molar-refractivity contribution in [2.45, 2.75) is 109 Å². The number of carbonyl (C=O) groups is 2. The molecule has 2 radical (unpaired) electrons. The maximum absolute atomic E-state index is 16.5. The minimum atomic E-state index is -4.48. The van der Waals surface area contributed by atoms with Gasteiger partial charge in [-0.15, -0.1) is 0 Å². The molecular formula is C56H60F2N3O11PSi. The third-order valence-corrected chi connectivity index (χ3v) is 15.9. The van der Waals surface area contributed by atoms with E-state index >= 15 is 13.3 Å². The Bertz CT molecular complexity index is 3030. The summed E-state index contributed by atoms with van der Waals surface area (Å²) in [6, 6.07) is 34.3. The number of cyclic esters (lactones) is 1. The summed E-state index contributed by atoms with van der Waals surface area (Å²) >= 11 is 0. The Morgan fingerprint density at radius 1 is 0.784 bits per heavy atom. The summed E-state index contributed by atoms with van der Waals surface area (Å²) in [6.07, 6.45) is 2.04. The Hall–Kier alpha value is -6.20. The van der Waals surface area contributed by atoms with Crippen LogP contribution in [0.3, 0.4) is 0 Å². The summed E-state index contributed by atoms with van der Waals surface area (Å²) in [5.41, 5.74) is 0.0378. The molecule has 18 heteroatoms. The summed E-state index contributed by atoms with van der Waals surface area (Å²) in [7, 11) is -4.32. The number of pyridine rings is 1. The lowest BCUT2D eigenvalue weighted by Crippen LogP contribution is -2.49. The lowest BCUT2D eigenvalue weighted by atomic mass is 9.92. The van der Waals surface area contributed by atoms with E-state index in [1.807, 2.05) is 109 Å². The normalized spacial score (nSPS) is 17.1.